The van der Waals surface area contributed by atoms with E-state index in [2.05, 4.69) is 38.1 Å². The van der Waals surface area contributed by atoms with E-state index in [1.54, 1.807) is 7.11 Å². The fraction of sp³-hybridized carbons (Fsp3) is 0.625. The standard InChI is InChI=1S/C13H18O.C3H8/c1-14-13-9-7-12(8-10-13)11-5-3-2-4-6-11;1-3-2/h7-11H,2-6H2,1H3;3H2,1-2H3. The summed E-state index contributed by atoms with van der Waals surface area (Å²) in [6, 6.07) is 8.58. The van der Waals surface area contributed by atoms with E-state index in [0.29, 0.717) is 0 Å². The first-order chi connectivity index (χ1) is 8.31. The van der Waals surface area contributed by atoms with Crippen molar-refractivity contribution in [3.05, 3.63) is 29.8 Å². The second-order valence-electron chi connectivity index (χ2n) is 4.82. The molecule has 1 aliphatic rings. The van der Waals surface area contributed by atoms with Gasteiger partial charge >= 0.3 is 0 Å². The van der Waals surface area contributed by atoms with Gasteiger partial charge in [0.05, 0.1) is 7.11 Å². The third-order valence-corrected chi connectivity index (χ3v) is 3.19. The molecule has 0 aliphatic heterocycles. The predicted octanol–water partition coefficient (Wildman–Crippen LogP) is 5.16. The maximum atomic E-state index is 5.16. The van der Waals surface area contributed by atoms with Crippen molar-refractivity contribution >= 4 is 0 Å². The Morgan fingerprint density at radius 2 is 1.53 bits per heavy atom. The van der Waals surface area contributed by atoms with E-state index in [1.807, 2.05) is 0 Å². The van der Waals surface area contributed by atoms with E-state index in [-0.39, 0.29) is 0 Å². The lowest BCUT2D eigenvalue weighted by Crippen LogP contribution is -2.04. The number of hydrogen-bond donors (Lipinski definition) is 0. The van der Waals surface area contributed by atoms with Crippen LogP contribution in [0.1, 0.15) is 63.9 Å². The van der Waals surface area contributed by atoms with Gasteiger partial charge in [0.1, 0.15) is 5.75 Å². The van der Waals surface area contributed by atoms with E-state index in [4.69, 9.17) is 4.74 Å². The van der Waals surface area contributed by atoms with Crippen molar-refractivity contribution in [2.24, 2.45) is 0 Å². The molecular formula is C16H26O. The fourth-order valence-electron chi connectivity index (χ4n) is 2.31. The van der Waals surface area contributed by atoms with Crippen LogP contribution in [0.2, 0.25) is 0 Å². The summed E-state index contributed by atoms with van der Waals surface area (Å²) in [5, 5.41) is 0. The van der Waals surface area contributed by atoms with Gasteiger partial charge in [-0.1, -0.05) is 51.7 Å². The average Bonchev–Trinajstić information content (AvgIpc) is 2.41. The molecular weight excluding hydrogens is 208 g/mol. The highest BCUT2D eigenvalue weighted by Gasteiger charge is 2.14. The van der Waals surface area contributed by atoms with Crippen molar-refractivity contribution < 1.29 is 4.74 Å². The number of ether oxygens (including phenoxy) is 1. The van der Waals surface area contributed by atoms with Crippen LogP contribution in [0.5, 0.6) is 5.75 Å². The number of hydrogen-bond acceptors (Lipinski definition) is 1. The van der Waals surface area contributed by atoms with Crippen molar-refractivity contribution in [1.29, 1.82) is 0 Å². The largest absolute Gasteiger partial charge is 0.497 e. The van der Waals surface area contributed by atoms with Crippen LogP contribution in [0.3, 0.4) is 0 Å². The number of benzene rings is 1. The van der Waals surface area contributed by atoms with Gasteiger partial charge in [-0.3, -0.25) is 0 Å². The lowest BCUT2D eigenvalue weighted by Gasteiger charge is -2.21. The Morgan fingerprint density at radius 3 is 2.00 bits per heavy atom. The summed E-state index contributed by atoms with van der Waals surface area (Å²) < 4.78 is 5.16. The zero-order valence-corrected chi connectivity index (χ0v) is 11.5. The summed E-state index contributed by atoms with van der Waals surface area (Å²) in [7, 11) is 1.72. The van der Waals surface area contributed by atoms with Crippen LogP contribution in [0, 0.1) is 0 Å². The van der Waals surface area contributed by atoms with E-state index < -0.39 is 0 Å². The molecule has 2 rings (SSSR count). The minimum Gasteiger partial charge on any atom is -0.497 e. The lowest BCUT2D eigenvalue weighted by molar-refractivity contribution is 0.413. The number of methoxy groups -OCH3 is 1. The highest BCUT2D eigenvalue weighted by atomic mass is 16.5. The second-order valence-corrected chi connectivity index (χ2v) is 4.82. The van der Waals surface area contributed by atoms with Crippen molar-refractivity contribution in [3.8, 4) is 5.75 Å². The predicted molar refractivity (Wildman–Crippen MR) is 74.8 cm³/mol. The molecule has 1 aromatic rings. The Morgan fingerprint density at radius 1 is 1.00 bits per heavy atom. The SMILES string of the molecule is CCC.COc1ccc(C2CCCCC2)cc1. The lowest BCUT2D eigenvalue weighted by atomic mass is 9.84. The molecule has 1 aromatic carbocycles. The van der Waals surface area contributed by atoms with Gasteiger partial charge in [0.15, 0.2) is 0 Å². The zero-order valence-electron chi connectivity index (χ0n) is 11.5. The molecule has 0 spiro atoms. The van der Waals surface area contributed by atoms with Crippen LogP contribution in [0.4, 0.5) is 0 Å². The molecule has 0 saturated heterocycles. The normalized spacial score (nSPS) is 15.9. The van der Waals surface area contributed by atoms with Crippen LogP contribution in [0.25, 0.3) is 0 Å². The van der Waals surface area contributed by atoms with E-state index in [9.17, 15) is 0 Å². The van der Waals surface area contributed by atoms with Gasteiger partial charge in [-0.25, -0.2) is 0 Å². The van der Waals surface area contributed by atoms with Gasteiger partial charge in [-0.15, -0.1) is 0 Å². The maximum Gasteiger partial charge on any atom is 0.118 e. The molecule has 17 heavy (non-hydrogen) atoms. The van der Waals surface area contributed by atoms with Gasteiger partial charge in [0.25, 0.3) is 0 Å². The summed E-state index contributed by atoms with van der Waals surface area (Å²) >= 11 is 0. The topological polar surface area (TPSA) is 9.23 Å². The van der Waals surface area contributed by atoms with Crippen LogP contribution < -0.4 is 4.74 Å². The smallest absolute Gasteiger partial charge is 0.118 e. The molecule has 0 aromatic heterocycles. The quantitative estimate of drug-likeness (QED) is 0.687. The Labute approximate surface area is 106 Å². The summed E-state index contributed by atoms with van der Waals surface area (Å²) in [6.45, 7) is 4.25. The molecule has 0 unspecified atom stereocenters. The molecule has 1 fully saturated rings. The Bertz CT molecular complexity index is 283. The third kappa shape index (κ3) is 4.80. The van der Waals surface area contributed by atoms with E-state index in [1.165, 1.54) is 44.1 Å². The highest BCUT2D eigenvalue weighted by Crippen LogP contribution is 2.33. The average molecular weight is 234 g/mol. The first-order valence-corrected chi connectivity index (χ1v) is 6.95. The molecule has 96 valence electrons. The van der Waals surface area contributed by atoms with Gasteiger partial charge < -0.3 is 4.74 Å². The first-order valence-electron chi connectivity index (χ1n) is 6.95. The van der Waals surface area contributed by atoms with E-state index in [0.717, 1.165) is 11.7 Å². The highest BCUT2D eigenvalue weighted by molar-refractivity contribution is 5.29. The molecule has 0 heterocycles. The Balaban J connectivity index is 0.000000437. The van der Waals surface area contributed by atoms with Crippen LogP contribution in [-0.4, -0.2) is 7.11 Å². The van der Waals surface area contributed by atoms with Gasteiger partial charge in [-0.2, -0.15) is 0 Å². The monoisotopic (exact) mass is 234 g/mol. The van der Waals surface area contributed by atoms with Gasteiger partial charge in [0.2, 0.25) is 0 Å². The van der Waals surface area contributed by atoms with Gasteiger partial charge in [-0.05, 0) is 36.5 Å². The number of rotatable bonds is 2. The molecule has 0 atom stereocenters. The van der Waals surface area contributed by atoms with Crippen molar-refractivity contribution in [2.75, 3.05) is 7.11 Å². The zero-order chi connectivity index (χ0) is 12.5. The molecule has 0 bridgehead atoms. The van der Waals surface area contributed by atoms with Crippen molar-refractivity contribution in [1.82, 2.24) is 0 Å². The minimum absolute atomic E-state index is 0.801. The molecule has 1 saturated carbocycles. The molecule has 0 N–H and O–H groups in total. The van der Waals surface area contributed by atoms with Crippen molar-refractivity contribution in [2.45, 2.75) is 58.3 Å². The summed E-state index contributed by atoms with van der Waals surface area (Å²) in [5.74, 6) is 1.76. The third-order valence-electron chi connectivity index (χ3n) is 3.19. The van der Waals surface area contributed by atoms with Crippen LogP contribution in [0.15, 0.2) is 24.3 Å². The molecule has 0 radical (unpaired) electrons. The minimum atomic E-state index is 0.801. The molecule has 1 nitrogen and oxygen atoms in total. The van der Waals surface area contributed by atoms with Crippen molar-refractivity contribution in [3.63, 3.8) is 0 Å². The van der Waals surface area contributed by atoms with Crippen LogP contribution >= 0.6 is 0 Å². The van der Waals surface area contributed by atoms with Gasteiger partial charge in [0, 0.05) is 0 Å². The molecule has 0 amide bonds. The summed E-state index contributed by atoms with van der Waals surface area (Å²) in [6.07, 6.45) is 8.21. The summed E-state index contributed by atoms with van der Waals surface area (Å²) in [5.41, 5.74) is 1.49. The molecule has 1 heteroatoms. The van der Waals surface area contributed by atoms with E-state index >= 15 is 0 Å². The van der Waals surface area contributed by atoms with Crippen LogP contribution in [-0.2, 0) is 0 Å². The molecule has 1 aliphatic carbocycles. The second kappa shape index (κ2) is 8.16. The Hall–Kier alpha value is -0.980. The fourth-order valence-corrected chi connectivity index (χ4v) is 2.31. The maximum absolute atomic E-state index is 5.16. The Kier molecular flexibility index (Phi) is 6.76. The summed E-state index contributed by atoms with van der Waals surface area (Å²) in [4.78, 5) is 0. The first kappa shape index (κ1) is 14.1.